The van der Waals surface area contributed by atoms with Gasteiger partial charge in [0.1, 0.15) is 0 Å². The van der Waals surface area contributed by atoms with Gasteiger partial charge in [0.15, 0.2) is 0 Å². The van der Waals surface area contributed by atoms with Crippen molar-refractivity contribution in [3.05, 3.63) is 12.7 Å². The van der Waals surface area contributed by atoms with Crippen LogP contribution in [0.15, 0.2) is 12.7 Å². The van der Waals surface area contributed by atoms with Gasteiger partial charge in [0.2, 0.25) is 0 Å². The van der Waals surface area contributed by atoms with Crippen LogP contribution in [-0.4, -0.2) is 19.4 Å². The normalized spacial score (nSPS) is 10.4. The van der Waals surface area contributed by atoms with E-state index >= 15 is 0 Å². The highest BCUT2D eigenvalue weighted by Crippen LogP contribution is 2.02. The summed E-state index contributed by atoms with van der Waals surface area (Å²) in [4.78, 5) is 0. The van der Waals surface area contributed by atoms with Crippen LogP contribution in [0.1, 0.15) is 44.9 Å². The monoisotopic (exact) mass is 216 g/mol. The first-order chi connectivity index (χ1) is 6.91. The predicted octanol–water partition coefficient (Wildman–Crippen LogP) is 3.79. The second-order valence-electron chi connectivity index (χ2n) is 3.60. The smallest absolute Gasteiger partial charge is 0.0466 e. The number of rotatable bonds is 11. The summed E-state index contributed by atoms with van der Waals surface area (Å²) in [5.41, 5.74) is 0. The number of ether oxygens (including phenoxy) is 1. The van der Waals surface area contributed by atoms with Gasteiger partial charge in [0.05, 0.1) is 0 Å². The van der Waals surface area contributed by atoms with Crippen LogP contribution in [0, 0.1) is 0 Å². The summed E-state index contributed by atoms with van der Waals surface area (Å²) in [6.07, 6.45) is 11.9. The number of hydrogen-bond acceptors (Lipinski definition) is 1. The van der Waals surface area contributed by atoms with Gasteiger partial charge in [0, 0.05) is 13.2 Å². The first-order valence-electron chi connectivity index (χ1n) is 5.80. The number of unbranched alkanes of at least 4 members (excludes halogenated alkanes) is 5. The molecule has 0 fully saturated rings. The van der Waals surface area contributed by atoms with Gasteiger partial charge >= 0.3 is 0 Å². The van der Waals surface area contributed by atoms with E-state index in [9.17, 15) is 0 Å². The molecule has 1 unspecified atom stereocenters. The molecule has 0 spiro atoms. The Hall–Kier alpha value is 0.130. The zero-order valence-electron chi connectivity index (χ0n) is 9.34. The van der Waals surface area contributed by atoms with Gasteiger partial charge in [-0.05, 0) is 38.3 Å². The molecule has 0 aliphatic heterocycles. The van der Waals surface area contributed by atoms with Crippen molar-refractivity contribution in [1.29, 1.82) is 0 Å². The van der Waals surface area contributed by atoms with Gasteiger partial charge in [-0.1, -0.05) is 18.9 Å². The van der Waals surface area contributed by atoms with E-state index in [4.69, 9.17) is 4.74 Å². The molecule has 0 heterocycles. The summed E-state index contributed by atoms with van der Waals surface area (Å²) >= 11 is 0. The highest BCUT2D eigenvalue weighted by Gasteiger charge is 1.90. The molecule has 0 aromatic heterocycles. The van der Waals surface area contributed by atoms with E-state index in [1.165, 1.54) is 44.7 Å². The SMILES string of the molecule is C=CCCCCCOCCCCCP. The van der Waals surface area contributed by atoms with Gasteiger partial charge < -0.3 is 4.74 Å². The Balaban J connectivity index is 2.81. The third-order valence-electron chi connectivity index (χ3n) is 2.19. The maximum atomic E-state index is 5.53. The van der Waals surface area contributed by atoms with Crippen molar-refractivity contribution in [2.24, 2.45) is 0 Å². The largest absolute Gasteiger partial charge is 0.381 e. The molecule has 0 aromatic rings. The Morgan fingerprint density at radius 2 is 1.57 bits per heavy atom. The first kappa shape index (κ1) is 14.1. The average Bonchev–Trinajstić information content (AvgIpc) is 2.21. The van der Waals surface area contributed by atoms with Gasteiger partial charge in [-0.25, -0.2) is 0 Å². The third kappa shape index (κ3) is 12.1. The lowest BCUT2D eigenvalue weighted by Crippen LogP contribution is -1.97. The molecule has 0 bridgehead atoms. The topological polar surface area (TPSA) is 9.23 Å². The van der Waals surface area contributed by atoms with Gasteiger partial charge in [0.25, 0.3) is 0 Å². The van der Waals surface area contributed by atoms with Crippen LogP contribution in [0.2, 0.25) is 0 Å². The summed E-state index contributed by atoms with van der Waals surface area (Å²) < 4.78 is 5.53. The Morgan fingerprint density at radius 1 is 0.929 bits per heavy atom. The van der Waals surface area contributed by atoms with E-state index in [2.05, 4.69) is 15.8 Å². The molecule has 2 heteroatoms. The Bertz CT molecular complexity index is 115. The van der Waals surface area contributed by atoms with Crippen LogP contribution in [0.5, 0.6) is 0 Å². The van der Waals surface area contributed by atoms with Crippen molar-refractivity contribution in [3.8, 4) is 0 Å². The highest BCUT2D eigenvalue weighted by molar-refractivity contribution is 7.16. The second kappa shape index (κ2) is 13.1. The summed E-state index contributed by atoms with van der Waals surface area (Å²) in [7, 11) is 2.76. The van der Waals surface area contributed by atoms with Crippen molar-refractivity contribution < 1.29 is 4.74 Å². The van der Waals surface area contributed by atoms with Crippen molar-refractivity contribution in [1.82, 2.24) is 0 Å². The van der Waals surface area contributed by atoms with E-state index < -0.39 is 0 Å². The molecule has 14 heavy (non-hydrogen) atoms. The zero-order valence-corrected chi connectivity index (χ0v) is 10.5. The Kier molecular flexibility index (Phi) is 13.3. The molecule has 0 saturated carbocycles. The molecular weight excluding hydrogens is 191 g/mol. The molecule has 1 nitrogen and oxygen atoms in total. The minimum absolute atomic E-state index is 0.942. The first-order valence-corrected chi connectivity index (χ1v) is 6.62. The van der Waals surface area contributed by atoms with Crippen LogP contribution >= 0.6 is 9.24 Å². The summed E-state index contributed by atoms with van der Waals surface area (Å²) in [5, 5.41) is 0. The fraction of sp³-hybridized carbons (Fsp3) is 0.833. The molecule has 0 aromatic carbocycles. The molecule has 0 amide bonds. The van der Waals surface area contributed by atoms with E-state index in [-0.39, 0.29) is 0 Å². The zero-order chi connectivity index (χ0) is 10.5. The Labute approximate surface area is 91.5 Å². The van der Waals surface area contributed by atoms with Crippen molar-refractivity contribution in [3.63, 3.8) is 0 Å². The fourth-order valence-electron chi connectivity index (χ4n) is 1.30. The lowest BCUT2D eigenvalue weighted by Gasteiger charge is -2.03. The lowest BCUT2D eigenvalue weighted by atomic mass is 10.2. The van der Waals surface area contributed by atoms with Gasteiger partial charge in [-0.3, -0.25) is 0 Å². The maximum absolute atomic E-state index is 5.53. The van der Waals surface area contributed by atoms with Crippen LogP contribution in [0.3, 0.4) is 0 Å². The molecule has 0 N–H and O–H groups in total. The standard InChI is InChI=1S/C12H25OP/c1-2-3-4-5-7-10-13-11-8-6-9-12-14/h2H,1,3-12,14H2. The van der Waals surface area contributed by atoms with E-state index in [0.717, 1.165) is 19.6 Å². The molecule has 84 valence electrons. The van der Waals surface area contributed by atoms with Gasteiger partial charge in [-0.2, -0.15) is 0 Å². The number of hydrogen-bond donors (Lipinski definition) is 0. The summed E-state index contributed by atoms with van der Waals surface area (Å²) in [5.74, 6) is 0. The molecule has 0 aliphatic rings. The molecule has 1 atom stereocenters. The van der Waals surface area contributed by atoms with Crippen LogP contribution in [0.4, 0.5) is 0 Å². The van der Waals surface area contributed by atoms with Gasteiger partial charge in [-0.15, -0.1) is 15.8 Å². The van der Waals surface area contributed by atoms with Crippen LogP contribution < -0.4 is 0 Å². The highest BCUT2D eigenvalue weighted by atomic mass is 31.0. The molecule has 0 saturated heterocycles. The second-order valence-corrected chi connectivity index (χ2v) is 4.18. The maximum Gasteiger partial charge on any atom is 0.0466 e. The quantitative estimate of drug-likeness (QED) is 0.290. The van der Waals surface area contributed by atoms with E-state index in [0.29, 0.717) is 0 Å². The molecule has 0 aliphatic carbocycles. The predicted molar refractivity (Wildman–Crippen MR) is 67.9 cm³/mol. The minimum Gasteiger partial charge on any atom is -0.381 e. The van der Waals surface area contributed by atoms with Crippen molar-refractivity contribution in [2.75, 3.05) is 19.4 Å². The molecular formula is C12H25OP. The minimum atomic E-state index is 0.942. The Morgan fingerprint density at radius 3 is 2.14 bits per heavy atom. The molecule has 0 rings (SSSR count). The number of allylic oxidation sites excluding steroid dienone is 1. The lowest BCUT2D eigenvalue weighted by molar-refractivity contribution is 0.126. The van der Waals surface area contributed by atoms with Crippen molar-refractivity contribution in [2.45, 2.75) is 44.9 Å². The van der Waals surface area contributed by atoms with Crippen molar-refractivity contribution >= 4 is 9.24 Å². The fourth-order valence-corrected chi connectivity index (χ4v) is 1.59. The van der Waals surface area contributed by atoms with E-state index in [1.54, 1.807) is 0 Å². The molecule has 0 radical (unpaired) electrons. The summed E-state index contributed by atoms with van der Waals surface area (Å²) in [6.45, 7) is 5.60. The average molecular weight is 216 g/mol. The van der Waals surface area contributed by atoms with Crippen LogP contribution in [0.25, 0.3) is 0 Å². The van der Waals surface area contributed by atoms with E-state index in [1.807, 2.05) is 6.08 Å². The van der Waals surface area contributed by atoms with Crippen LogP contribution in [-0.2, 0) is 4.74 Å². The third-order valence-corrected chi connectivity index (χ3v) is 2.60. The summed E-state index contributed by atoms with van der Waals surface area (Å²) in [6, 6.07) is 0.